The Morgan fingerprint density at radius 1 is 0.952 bits per heavy atom. The second kappa shape index (κ2) is 5.70. The largest absolute Gasteiger partial charge is 0.354 e. The van der Waals surface area contributed by atoms with Gasteiger partial charge in [-0.2, -0.15) is 5.26 Å². The van der Waals surface area contributed by atoms with Crippen molar-refractivity contribution in [2.75, 3.05) is 5.32 Å². The fourth-order valence-corrected chi connectivity index (χ4v) is 2.85. The summed E-state index contributed by atoms with van der Waals surface area (Å²) < 4.78 is 14.0. The summed E-state index contributed by atoms with van der Waals surface area (Å²) in [6, 6.07) is 18.2. The van der Waals surface area contributed by atoms with Gasteiger partial charge >= 0.3 is 0 Å². The molecule has 3 aromatic carbocycles. The molecule has 0 bridgehead atoms. The summed E-state index contributed by atoms with van der Waals surface area (Å²) >= 11 is 2.10. The molecule has 0 amide bonds. The highest BCUT2D eigenvalue weighted by molar-refractivity contribution is 14.1. The van der Waals surface area contributed by atoms with E-state index in [0.29, 0.717) is 5.56 Å². The van der Waals surface area contributed by atoms with Crippen LogP contribution in [-0.2, 0) is 0 Å². The lowest BCUT2D eigenvalue weighted by Gasteiger charge is -2.12. The highest BCUT2D eigenvalue weighted by Gasteiger charge is 2.07. The van der Waals surface area contributed by atoms with Crippen LogP contribution in [0, 0.1) is 20.7 Å². The minimum absolute atomic E-state index is 0.255. The first kappa shape index (κ1) is 13.8. The van der Waals surface area contributed by atoms with E-state index in [-0.39, 0.29) is 5.82 Å². The highest BCUT2D eigenvalue weighted by Crippen LogP contribution is 2.30. The van der Waals surface area contributed by atoms with E-state index in [4.69, 9.17) is 0 Å². The lowest BCUT2D eigenvalue weighted by molar-refractivity contribution is 0.627. The van der Waals surface area contributed by atoms with Crippen molar-refractivity contribution in [2.24, 2.45) is 0 Å². The van der Waals surface area contributed by atoms with Crippen molar-refractivity contribution in [1.29, 1.82) is 5.26 Å². The fourth-order valence-electron chi connectivity index (χ4n) is 2.24. The van der Waals surface area contributed by atoms with Gasteiger partial charge in [-0.1, -0.05) is 24.3 Å². The zero-order valence-corrected chi connectivity index (χ0v) is 13.1. The van der Waals surface area contributed by atoms with E-state index in [2.05, 4.69) is 34.0 Å². The number of fused-ring (bicyclic) bond motifs is 1. The Hall–Kier alpha value is -2.13. The van der Waals surface area contributed by atoms with Gasteiger partial charge in [-0.25, -0.2) is 4.39 Å². The van der Waals surface area contributed by atoms with Crippen LogP contribution in [0.15, 0.2) is 54.6 Å². The lowest BCUT2D eigenvalue weighted by Crippen LogP contribution is -1.95. The van der Waals surface area contributed by atoms with E-state index in [1.807, 2.05) is 30.3 Å². The maximum absolute atomic E-state index is 13.2. The average molecular weight is 388 g/mol. The quantitative estimate of drug-likeness (QED) is 0.613. The number of rotatable bonds is 2. The molecule has 102 valence electrons. The van der Waals surface area contributed by atoms with Crippen LogP contribution < -0.4 is 5.32 Å². The summed E-state index contributed by atoms with van der Waals surface area (Å²) in [5.41, 5.74) is 2.38. The Morgan fingerprint density at radius 3 is 2.38 bits per heavy atom. The van der Waals surface area contributed by atoms with Gasteiger partial charge in [0.2, 0.25) is 0 Å². The van der Waals surface area contributed by atoms with Crippen LogP contribution >= 0.6 is 22.6 Å². The van der Waals surface area contributed by atoms with E-state index in [9.17, 15) is 9.65 Å². The molecule has 21 heavy (non-hydrogen) atoms. The monoisotopic (exact) mass is 388 g/mol. The Balaban J connectivity index is 2.12. The molecule has 2 nitrogen and oxygen atoms in total. The lowest BCUT2D eigenvalue weighted by atomic mass is 10.0. The Bertz CT molecular complexity index is 868. The highest BCUT2D eigenvalue weighted by atomic mass is 127. The van der Waals surface area contributed by atoms with Gasteiger partial charge in [-0.05, 0) is 52.9 Å². The molecule has 1 N–H and O–H groups in total. The first-order chi connectivity index (χ1) is 10.2. The molecular weight excluding hydrogens is 378 g/mol. The van der Waals surface area contributed by atoms with Crippen molar-refractivity contribution in [3.63, 3.8) is 0 Å². The van der Waals surface area contributed by atoms with Gasteiger partial charge in [-0.3, -0.25) is 0 Å². The van der Waals surface area contributed by atoms with Crippen molar-refractivity contribution >= 4 is 44.7 Å². The second-order valence-corrected chi connectivity index (χ2v) is 5.73. The summed E-state index contributed by atoms with van der Waals surface area (Å²) in [6.07, 6.45) is 0. The van der Waals surface area contributed by atoms with E-state index in [0.717, 1.165) is 25.7 Å². The predicted molar refractivity (Wildman–Crippen MR) is 91.1 cm³/mol. The third-order valence-electron chi connectivity index (χ3n) is 3.24. The maximum atomic E-state index is 13.2. The number of nitrogens with zero attached hydrogens (tertiary/aromatic N) is 1. The van der Waals surface area contributed by atoms with Gasteiger partial charge in [0.25, 0.3) is 0 Å². The Morgan fingerprint density at radius 2 is 1.67 bits per heavy atom. The Labute approximate surface area is 135 Å². The van der Waals surface area contributed by atoms with E-state index in [1.165, 1.54) is 12.1 Å². The number of nitriles is 1. The average Bonchev–Trinajstić information content (AvgIpc) is 2.50. The molecule has 4 heteroatoms. The van der Waals surface area contributed by atoms with E-state index in [1.54, 1.807) is 12.1 Å². The summed E-state index contributed by atoms with van der Waals surface area (Å²) in [4.78, 5) is 0. The number of anilines is 2. The molecular formula is C17H10FIN2. The molecule has 3 rings (SSSR count). The summed E-state index contributed by atoms with van der Waals surface area (Å²) in [5.74, 6) is -0.255. The van der Waals surface area contributed by atoms with Crippen LogP contribution in [0.5, 0.6) is 0 Å². The van der Waals surface area contributed by atoms with Gasteiger partial charge in [0.1, 0.15) is 5.82 Å². The van der Waals surface area contributed by atoms with Gasteiger partial charge in [0.05, 0.1) is 17.3 Å². The Kier molecular flexibility index (Phi) is 3.76. The first-order valence-corrected chi connectivity index (χ1v) is 7.41. The molecule has 3 aromatic rings. The van der Waals surface area contributed by atoms with Crippen LogP contribution in [-0.4, -0.2) is 0 Å². The third kappa shape index (κ3) is 2.69. The molecule has 0 heterocycles. The molecule has 0 saturated heterocycles. The van der Waals surface area contributed by atoms with Gasteiger partial charge in [-0.15, -0.1) is 0 Å². The van der Waals surface area contributed by atoms with Crippen LogP contribution in [0.25, 0.3) is 10.8 Å². The van der Waals surface area contributed by atoms with Crippen LogP contribution in [0.1, 0.15) is 5.56 Å². The molecule has 0 unspecified atom stereocenters. The van der Waals surface area contributed by atoms with E-state index < -0.39 is 0 Å². The zero-order chi connectivity index (χ0) is 14.8. The molecule has 0 saturated carbocycles. The predicted octanol–water partition coefficient (Wildman–Crippen LogP) is 5.20. The van der Waals surface area contributed by atoms with Crippen molar-refractivity contribution < 1.29 is 4.39 Å². The zero-order valence-electron chi connectivity index (χ0n) is 10.9. The maximum Gasteiger partial charge on any atom is 0.124 e. The topological polar surface area (TPSA) is 35.8 Å². The number of halogens is 2. The third-order valence-corrected chi connectivity index (χ3v) is 4.14. The van der Waals surface area contributed by atoms with Gasteiger partial charge in [0, 0.05) is 20.0 Å². The van der Waals surface area contributed by atoms with Gasteiger partial charge < -0.3 is 5.32 Å². The van der Waals surface area contributed by atoms with Crippen LogP contribution in [0.4, 0.5) is 15.8 Å². The number of benzene rings is 3. The van der Waals surface area contributed by atoms with Crippen molar-refractivity contribution in [1.82, 2.24) is 0 Å². The number of hydrogen-bond acceptors (Lipinski definition) is 2. The minimum Gasteiger partial charge on any atom is -0.354 e. The van der Waals surface area contributed by atoms with Gasteiger partial charge in [0.15, 0.2) is 0 Å². The summed E-state index contributed by atoms with van der Waals surface area (Å²) in [6.45, 7) is 0. The number of hydrogen-bond donors (Lipinski definition) is 1. The fraction of sp³-hybridized carbons (Fsp3) is 0. The van der Waals surface area contributed by atoms with Crippen LogP contribution in [0.2, 0.25) is 0 Å². The summed E-state index contributed by atoms with van der Waals surface area (Å²) in [7, 11) is 0. The van der Waals surface area contributed by atoms with Crippen LogP contribution in [0.3, 0.4) is 0 Å². The van der Waals surface area contributed by atoms with E-state index >= 15 is 0 Å². The first-order valence-electron chi connectivity index (χ1n) is 6.33. The minimum atomic E-state index is -0.255. The standard InChI is InChI=1S/C17H10FIN2/c18-12-6-8-17(15(19)9-12)21-16-7-5-11(10-20)13-3-1-2-4-14(13)16/h1-9,21H. The molecule has 0 atom stereocenters. The summed E-state index contributed by atoms with van der Waals surface area (Å²) in [5, 5.41) is 14.4. The molecule has 0 aromatic heterocycles. The smallest absolute Gasteiger partial charge is 0.124 e. The number of nitrogens with one attached hydrogen (secondary N) is 1. The molecule has 0 aliphatic rings. The molecule has 0 fully saturated rings. The second-order valence-electron chi connectivity index (χ2n) is 4.57. The molecule has 0 radical (unpaired) electrons. The normalized spacial score (nSPS) is 10.3. The van der Waals surface area contributed by atoms with Crippen molar-refractivity contribution in [3.05, 3.63) is 69.5 Å². The SMILES string of the molecule is N#Cc1ccc(Nc2ccc(F)cc2I)c2ccccc12. The van der Waals surface area contributed by atoms with Crippen molar-refractivity contribution in [3.8, 4) is 6.07 Å². The molecule has 0 aliphatic heterocycles. The van der Waals surface area contributed by atoms with Crippen molar-refractivity contribution in [2.45, 2.75) is 0 Å². The molecule has 0 spiro atoms. The molecule has 0 aliphatic carbocycles.